The van der Waals surface area contributed by atoms with Gasteiger partial charge in [0, 0.05) is 4.47 Å². The molecule has 0 amide bonds. The van der Waals surface area contributed by atoms with Crippen molar-refractivity contribution in [1.82, 2.24) is 9.78 Å². The van der Waals surface area contributed by atoms with Crippen molar-refractivity contribution in [2.24, 2.45) is 0 Å². The van der Waals surface area contributed by atoms with Gasteiger partial charge in [0.1, 0.15) is 5.56 Å². The van der Waals surface area contributed by atoms with Crippen LogP contribution in [0.2, 0.25) is 0 Å². The summed E-state index contributed by atoms with van der Waals surface area (Å²) in [5, 5.41) is 13.4. The fourth-order valence-electron chi connectivity index (χ4n) is 1.92. The Hall–Kier alpha value is -1.62. The Morgan fingerprint density at radius 3 is 2.50 bits per heavy atom. The number of carboxylic acid groups (broad SMARTS) is 1. The minimum Gasteiger partial charge on any atom is -0.478 e. The normalized spacial score (nSPS) is 10.7. The second-order valence-electron chi connectivity index (χ2n) is 4.20. The van der Waals surface area contributed by atoms with Crippen molar-refractivity contribution in [3.05, 3.63) is 45.2 Å². The highest BCUT2D eigenvalue weighted by Gasteiger charge is 2.18. The number of carboxylic acids is 1. The third-order valence-corrected chi connectivity index (χ3v) is 3.76. The van der Waals surface area contributed by atoms with Crippen LogP contribution in [0, 0.1) is 20.8 Å². The van der Waals surface area contributed by atoms with E-state index >= 15 is 0 Å². The first-order valence-electron chi connectivity index (χ1n) is 5.48. The van der Waals surface area contributed by atoms with Crippen molar-refractivity contribution in [2.45, 2.75) is 20.8 Å². The lowest BCUT2D eigenvalue weighted by Crippen LogP contribution is -2.02. The van der Waals surface area contributed by atoms with E-state index in [1.807, 2.05) is 25.1 Å². The van der Waals surface area contributed by atoms with Gasteiger partial charge in [-0.2, -0.15) is 5.10 Å². The minimum atomic E-state index is -0.942. The number of hydrogen-bond acceptors (Lipinski definition) is 2. The molecule has 0 atom stereocenters. The third-order valence-electron chi connectivity index (χ3n) is 2.91. The van der Waals surface area contributed by atoms with Gasteiger partial charge in [0.15, 0.2) is 0 Å². The van der Waals surface area contributed by atoms with Crippen molar-refractivity contribution in [3.8, 4) is 5.69 Å². The molecule has 5 heteroatoms. The van der Waals surface area contributed by atoms with Crippen LogP contribution in [0.5, 0.6) is 0 Å². The number of aryl methyl sites for hydroxylation is 2. The summed E-state index contributed by atoms with van der Waals surface area (Å²) in [6.07, 6.45) is 0. The van der Waals surface area contributed by atoms with Gasteiger partial charge in [-0.3, -0.25) is 0 Å². The number of halogens is 1. The van der Waals surface area contributed by atoms with Gasteiger partial charge >= 0.3 is 5.97 Å². The quantitative estimate of drug-likeness (QED) is 0.926. The van der Waals surface area contributed by atoms with Crippen molar-refractivity contribution in [3.63, 3.8) is 0 Å². The van der Waals surface area contributed by atoms with Crippen LogP contribution < -0.4 is 0 Å². The fourth-order valence-corrected chi connectivity index (χ4v) is 2.28. The highest BCUT2D eigenvalue weighted by Crippen LogP contribution is 2.23. The molecule has 2 rings (SSSR count). The zero-order valence-electron chi connectivity index (χ0n) is 10.4. The molecule has 1 aromatic carbocycles. The van der Waals surface area contributed by atoms with Gasteiger partial charge in [0.05, 0.1) is 17.1 Å². The van der Waals surface area contributed by atoms with E-state index in [2.05, 4.69) is 21.0 Å². The molecule has 0 spiro atoms. The highest BCUT2D eigenvalue weighted by atomic mass is 79.9. The predicted molar refractivity (Wildman–Crippen MR) is 72.4 cm³/mol. The smallest absolute Gasteiger partial charge is 0.339 e. The summed E-state index contributed by atoms with van der Waals surface area (Å²) >= 11 is 3.46. The van der Waals surface area contributed by atoms with Crippen molar-refractivity contribution < 1.29 is 9.90 Å². The van der Waals surface area contributed by atoms with Crippen molar-refractivity contribution in [2.75, 3.05) is 0 Å². The summed E-state index contributed by atoms with van der Waals surface area (Å²) in [5.74, 6) is -0.942. The molecule has 2 aromatic rings. The molecule has 4 nitrogen and oxygen atoms in total. The van der Waals surface area contributed by atoms with Gasteiger partial charge in [0.25, 0.3) is 0 Å². The summed E-state index contributed by atoms with van der Waals surface area (Å²) in [6.45, 7) is 5.46. The molecule has 0 saturated carbocycles. The minimum absolute atomic E-state index is 0.270. The Labute approximate surface area is 113 Å². The molecule has 0 aliphatic carbocycles. The van der Waals surface area contributed by atoms with E-state index in [0.717, 1.165) is 15.7 Å². The maximum absolute atomic E-state index is 11.1. The van der Waals surface area contributed by atoms with E-state index in [9.17, 15) is 4.79 Å². The summed E-state index contributed by atoms with van der Waals surface area (Å²) in [5.41, 5.74) is 3.40. The fraction of sp³-hybridized carbons (Fsp3) is 0.231. The number of benzene rings is 1. The average Bonchev–Trinajstić information content (AvgIpc) is 2.58. The Morgan fingerprint density at radius 1 is 1.33 bits per heavy atom. The van der Waals surface area contributed by atoms with Crippen LogP contribution in [0.25, 0.3) is 5.69 Å². The maximum atomic E-state index is 11.1. The lowest BCUT2D eigenvalue weighted by atomic mass is 10.2. The summed E-state index contributed by atoms with van der Waals surface area (Å²) in [4.78, 5) is 11.1. The number of aromatic carboxylic acids is 1. The Bertz CT molecular complexity index is 632. The molecular formula is C13H13BrN2O2. The first-order chi connectivity index (χ1) is 8.41. The first kappa shape index (κ1) is 12.8. The molecule has 94 valence electrons. The van der Waals surface area contributed by atoms with Crippen LogP contribution in [0.15, 0.2) is 22.7 Å². The zero-order chi connectivity index (χ0) is 13.4. The molecule has 0 saturated heterocycles. The number of aromatic nitrogens is 2. The second-order valence-corrected chi connectivity index (χ2v) is 5.05. The lowest BCUT2D eigenvalue weighted by molar-refractivity contribution is 0.0695. The van der Waals surface area contributed by atoms with E-state index in [1.54, 1.807) is 18.5 Å². The van der Waals surface area contributed by atoms with Gasteiger partial charge in [0.2, 0.25) is 0 Å². The number of carbonyl (C=O) groups is 1. The van der Waals surface area contributed by atoms with Crippen molar-refractivity contribution >= 4 is 21.9 Å². The molecule has 1 N–H and O–H groups in total. The molecule has 0 fully saturated rings. The van der Waals surface area contributed by atoms with Gasteiger partial charge < -0.3 is 5.11 Å². The van der Waals surface area contributed by atoms with Crippen LogP contribution in [0.3, 0.4) is 0 Å². The molecule has 0 aliphatic heterocycles. The van der Waals surface area contributed by atoms with Crippen LogP contribution in [0.1, 0.15) is 27.3 Å². The number of nitrogens with zero attached hydrogens (tertiary/aromatic N) is 2. The van der Waals surface area contributed by atoms with Crippen LogP contribution in [-0.4, -0.2) is 20.9 Å². The van der Waals surface area contributed by atoms with E-state index in [4.69, 9.17) is 5.11 Å². The van der Waals surface area contributed by atoms with Gasteiger partial charge in [-0.05, 0) is 38.5 Å². The van der Waals surface area contributed by atoms with E-state index in [-0.39, 0.29) is 5.56 Å². The average molecular weight is 309 g/mol. The zero-order valence-corrected chi connectivity index (χ0v) is 11.9. The van der Waals surface area contributed by atoms with E-state index < -0.39 is 5.97 Å². The summed E-state index contributed by atoms with van der Waals surface area (Å²) < 4.78 is 2.63. The van der Waals surface area contributed by atoms with Gasteiger partial charge in [-0.15, -0.1) is 0 Å². The van der Waals surface area contributed by atoms with E-state index in [0.29, 0.717) is 11.4 Å². The SMILES string of the molecule is Cc1ccc(-n2nc(C)c(C(=O)O)c2C)cc1Br. The third kappa shape index (κ3) is 2.06. The predicted octanol–water partition coefficient (Wildman–Crippen LogP) is 3.26. The van der Waals surface area contributed by atoms with E-state index in [1.165, 1.54) is 0 Å². The highest BCUT2D eigenvalue weighted by molar-refractivity contribution is 9.10. The number of rotatable bonds is 2. The molecule has 0 unspecified atom stereocenters. The summed E-state index contributed by atoms with van der Waals surface area (Å²) in [6, 6.07) is 5.82. The van der Waals surface area contributed by atoms with Crippen LogP contribution >= 0.6 is 15.9 Å². The standard InChI is InChI=1S/C13H13BrN2O2/c1-7-4-5-10(6-11(7)14)16-9(3)12(13(17)18)8(2)15-16/h4-6H,1-3H3,(H,17,18). The summed E-state index contributed by atoms with van der Waals surface area (Å²) in [7, 11) is 0. The molecule has 1 heterocycles. The Morgan fingerprint density at radius 2 is 2.00 bits per heavy atom. The largest absolute Gasteiger partial charge is 0.478 e. The number of hydrogen-bond donors (Lipinski definition) is 1. The van der Waals surface area contributed by atoms with Gasteiger partial charge in [-0.1, -0.05) is 22.0 Å². The monoisotopic (exact) mass is 308 g/mol. The lowest BCUT2D eigenvalue weighted by Gasteiger charge is -2.06. The molecule has 0 aliphatic rings. The molecule has 18 heavy (non-hydrogen) atoms. The Balaban J connectivity index is 2.61. The van der Waals surface area contributed by atoms with Crippen LogP contribution in [-0.2, 0) is 0 Å². The second kappa shape index (κ2) is 4.57. The maximum Gasteiger partial charge on any atom is 0.339 e. The molecule has 1 aromatic heterocycles. The topological polar surface area (TPSA) is 55.1 Å². The molecule has 0 radical (unpaired) electrons. The first-order valence-corrected chi connectivity index (χ1v) is 6.27. The molecular weight excluding hydrogens is 296 g/mol. The van der Waals surface area contributed by atoms with Crippen molar-refractivity contribution in [1.29, 1.82) is 0 Å². The molecule has 0 bridgehead atoms. The van der Waals surface area contributed by atoms with Gasteiger partial charge in [-0.25, -0.2) is 9.48 Å². The Kier molecular flexibility index (Phi) is 3.26. The van der Waals surface area contributed by atoms with Crippen LogP contribution in [0.4, 0.5) is 0 Å².